The highest BCUT2D eigenvalue weighted by Gasteiger charge is 2.32. The fourth-order valence-electron chi connectivity index (χ4n) is 3.20. The number of nitrogens with zero attached hydrogens (tertiary/aromatic N) is 3. The van der Waals surface area contributed by atoms with Gasteiger partial charge in [0.1, 0.15) is 11.6 Å². The summed E-state index contributed by atoms with van der Waals surface area (Å²) in [5.41, 5.74) is 3.02. The Balaban J connectivity index is 1.43. The minimum atomic E-state index is -0.509. The third kappa shape index (κ3) is 3.54. The second kappa shape index (κ2) is 7.39. The fraction of sp³-hybridized carbons (Fsp3) is 0.421. The predicted octanol–water partition coefficient (Wildman–Crippen LogP) is 1.33. The van der Waals surface area contributed by atoms with Gasteiger partial charge in [-0.15, -0.1) is 0 Å². The molecule has 1 unspecified atom stereocenters. The SMILES string of the molecule is COc1ccc(Cc2ncc3c(n2)CN(C(=O)C2COCCO2)C3)cc1. The van der Waals surface area contributed by atoms with Crippen molar-refractivity contribution in [3.05, 3.63) is 53.1 Å². The van der Waals surface area contributed by atoms with E-state index >= 15 is 0 Å². The number of benzene rings is 1. The number of rotatable bonds is 4. The molecule has 0 spiro atoms. The quantitative estimate of drug-likeness (QED) is 0.824. The summed E-state index contributed by atoms with van der Waals surface area (Å²) < 4.78 is 16.0. The van der Waals surface area contributed by atoms with Crippen molar-refractivity contribution >= 4 is 5.91 Å². The molecule has 0 saturated carbocycles. The Kier molecular flexibility index (Phi) is 4.81. The molecule has 0 N–H and O–H groups in total. The molecular formula is C19H21N3O4. The normalized spacial score (nSPS) is 19.3. The van der Waals surface area contributed by atoms with Crippen LogP contribution in [-0.4, -0.2) is 53.8 Å². The van der Waals surface area contributed by atoms with Crippen molar-refractivity contribution < 1.29 is 19.0 Å². The zero-order valence-electron chi connectivity index (χ0n) is 14.7. The van der Waals surface area contributed by atoms with E-state index in [9.17, 15) is 4.79 Å². The molecule has 0 bridgehead atoms. The maximum absolute atomic E-state index is 12.6. The first-order valence-electron chi connectivity index (χ1n) is 8.67. The van der Waals surface area contributed by atoms with E-state index < -0.39 is 6.10 Å². The predicted molar refractivity (Wildman–Crippen MR) is 92.6 cm³/mol. The van der Waals surface area contributed by atoms with Gasteiger partial charge in [-0.05, 0) is 17.7 Å². The number of amides is 1. The highest BCUT2D eigenvalue weighted by atomic mass is 16.6. The molecular weight excluding hydrogens is 334 g/mol. The van der Waals surface area contributed by atoms with Crippen LogP contribution in [0, 0.1) is 0 Å². The molecule has 26 heavy (non-hydrogen) atoms. The smallest absolute Gasteiger partial charge is 0.254 e. The zero-order valence-corrected chi connectivity index (χ0v) is 14.7. The molecule has 1 aromatic carbocycles. The van der Waals surface area contributed by atoms with Gasteiger partial charge in [-0.1, -0.05) is 12.1 Å². The lowest BCUT2D eigenvalue weighted by atomic mass is 10.1. The molecule has 1 fully saturated rings. The van der Waals surface area contributed by atoms with E-state index in [4.69, 9.17) is 14.2 Å². The Labute approximate surface area is 151 Å². The van der Waals surface area contributed by atoms with Gasteiger partial charge in [0.15, 0.2) is 6.10 Å². The number of fused-ring (bicyclic) bond motifs is 1. The molecule has 3 heterocycles. The average molecular weight is 355 g/mol. The Hall–Kier alpha value is -2.51. The number of aromatic nitrogens is 2. The molecule has 2 aromatic rings. The van der Waals surface area contributed by atoms with E-state index in [0.717, 1.165) is 28.4 Å². The molecule has 4 rings (SSSR count). The lowest BCUT2D eigenvalue weighted by Gasteiger charge is -2.26. The number of hydrogen-bond donors (Lipinski definition) is 0. The van der Waals surface area contributed by atoms with E-state index in [1.807, 2.05) is 30.5 Å². The lowest BCUT2D eigenvalue weighted by Crippen LogP contribution is -2.43. The van der Waals surface area contributed by atoms with Crippen molar-refractivity contribution in [1.82, 2.24) is 14.9 Å². The minimum absolute atomic E-state index is 0.0422. The van der Waals surface area contributed by atoms with E-state index in [1.54, 1.807) is 12.0 Å². The highest BCUT2D eigenvalue weighted by Crippen LogP contribution is 2.23. The number of hydrogen-bond acceptors (Lipinski definition) is 6. The van der Waals surface area contributed by atoms with Crippen molar-refractivity contribution in [2.75, 3.05) is 26.9 Å². The first-order valence-corrected chi connectivity index (χ1v) is 8.67. The molecule has 1 aromatic heterocycles. The Morgan fingerprint density at radius 2 is 2.12 bits per heavy atom. The molecule has 7 heteroatoms. The second-order valence-corrected chi connectivity index (χ2v) is 6.41. The van der Waals surface area contributed by atoms with Crippen LogP contribution in [0.4, 0.5) is 0 Å². The van der Waals surface area contributed by atoms with Gasteiger partial charge in [0.2, 0.25) is 0 Å². The van der Waals surface area contributed by atoms with E-state index in [0.29, 0.717) is 39.3 Å². The third-order valence-electron chi connectivity index (χ3n) is 4.63. The molecule has 2 aliphatic rings. The van der Waals surface area contributed by atoms with E-state index in [-0.39, 0.29) is 5.91 Å². The van der Waals surface area contributed by atoms with Crippen molar-refractivity contribution in [1.29, 1.82) is 0 Å². The van der Waals surface area contributed by atoms with Crippen LogP contribution in [0.15, 0.2) is 30.5 Å². The third-order valence-corrected chi connectivity index (χ3v) is 4.63. The molecule has 136 valence electrons. The fourth-order valence-corrected chi connectivity index (χ4v) is 3.20. The molecule has 7 nitrogen and oxygen atoms in total. The molecule has 1 amide bonds. The van der Waals surface area contributed by atoms with E-state index in [2.05, 4.69) is 9.97 Å². The summed E-state index contributed by atoms with van der Waals surface area (Å²) >= 11 is 0. The van der Waals surface area contributed by atoms with Gasteiger partial charge in [-0.3, -0.25) is 4.79 Å². The summed E-state index contributed by atoms with van der Waals surface area (Å²) in [6, 6.07) is 7.86. The molecule has 0 aliphatic carbocycles. The molecule has 1 atom stereocenters. The van der Waals surface area contributed by atoms with Gasteiger partial charge in [-0.25, -0.2) is 9.97 Å². The van der Waals surface area contributed by atoms with Crippen LogP contribution in [0.1, 0.15) is 22.6 Å². The largest absolute Gasteiger partial charge is 0.497 e. The number of ether oxygens (including phenoxy) is 3. The van der Waals surface area contributed by atoms with Crippen LogP contribution < -0.4 is 4.74 Å². The molecule has 0 radical (unpaired) electrons. The van der Waals surface area contributed by atoms with Gasteiger partial charge in [0, 0.05) is 24.7 Å². The lowest BCUT2D eigenvalue weighted by molar-refractivity contribution is -0.158. The van der Waals surface area contributed by atoms with Crippen LogP contribution in [0.3, 0.4) is 0 Å². The van der Waals surface area contributed by atoms with Crippen molar-refractivity contribution in [3.8, 4) is 5.75 Å². The molecule has 2 aliphatic heterocycles. The zero-order chi connectivity index (χ0) is 17.9. The summed E-state index contributed by atoms with van der Waals surface area (Å²) in [5, 5.41) is 0. The standard InChI is InChI=1S/C19H21N3O4/c1-24-15-4-2-13(3-5-15)8-18-20-9-14-10-22(11-16(14)21-18)19(23)17-12-25-6-7-26-17/h2-5,9,17H,6-8,10-12H2,1H3. The van der Waals surface area contributed by atoms with Crippen LogP contribution in [0.2, 0.25) is 0 Å². The summed E-state index contributed by atoms with van der Waals surface area (Å²) in [6.07, 6.45) is 1.96. The van der Waals surface area contributed by atoms with Gasteiger partial charge < -0.3 is 19.1 Å². The maximum Gasteiger partial charge on any atom is 0.254 e. The summed E-state index contributed by atoms with van der Waals surface area (Å²) in [4.78, 5) is 23.4. The number of methoxy groups -OCH3 is 1. The summed E-state index contributed by atoms with van der Waals surface area (Å²) in [6.45, 7) is 2.34. The van der Waals surface area contributed by atoms with Gasteiger partial charge in [0.05, 0.1) is 39.2 Å². The Bertz CT molecular complexity index is 788. The van der Waals surface area contributed by atoms with Gasteiger partial charge >= 0.3 is 0 Å². The first kappa shape index (κ1) is 16.9. The van der Waals surface area contributed by atoms with Crippen LogP contribution in [-0.2, 0) is 33.8 Å². The number of carbonyl (C=O) groups excluding carboxylic acids is 1. The van der Waals surface area contributed by atoms with Gasteiger partial charge in [-0.2, -0.15) is 0 Å². The van der Waals surface area contributed by atoms with Crippen molar-refractivity contribution in [2.45, 2.75) is 25.6 Å². The molecule has 1 saturated heterocycles. The topological polar surface area (TPSA) is 73.8 Å². The van der Waals surface area contributed by atoms with Crippen molar-refractivity contribution in [3.63, 3.8) is 0 Å². The average Bonchev–Trinajstić information content (AvgIpc) is 3.12. The summed E-state index contributed by atoms with van der Waals surface area (Å²) in [7, 11) is 1.65. The number of carbonyl (C=O) groups is 1. The summed E-state index contributed by atoms with van der Waals surface area (Å²) in [5.74, 6) is 1.53. The van der Waals surface area contributed by atoms with E-state index in [1.165, 1.54) is 0 Å². The Morgan fingerprint density at radius 3 is 2.85 bits per heavy atom. The van der Waals surface area contributed by atoms with Gasteiger partial charge in [0.25, 0.3) is 5.91 Å². The van der Waals surface area contributed by atoms with Crippen LogP contribution >= 0.6 is 0 Å². The first-order chi connectivity index (χ1) is 12.7. The minimum Gasteiger partial charge on any atom is -0.497 e. The Morgan fingerprint density at radius 1 is 1.27 bits per heavy atom. The van der Waals surface area contributed by atoms with Crippen molar-refractivity contribution in [2.24, 2.45) is 0 Å². The van der Waals surface area contributed by atoms with Crippen LogP contribution in [0.5, 0.6) is 5.75 Å². The highest BCUT2D eigenvalue weighted by molar-refractivity contribution is 5.81. The maximum atomic E-state index is 12.6. The second-order valence-electron chi connectivity index (χ2n) is 6.41. The monoisotopic (exact) mass is 355 g/mol. The van der Waals surface area contributed by atoms with Crippen LogP contribution in [0.25, 0.3) is 0 Å².